The Morgan fingerprint density at radius 3 is 2.52 bits per heavy atom. The van der Waals surface area contributed by atoms with Gasteiger partial charge in [0.2, 0.25) is 0 Å². The van der Waals surface area contributed by atoms with Crippen molar-refractivity contribution in [2.45, 2.75) is 55.3 Å². The van der Waals surface area contributed by atoms with Crippen LogP contribution in [0.5, 0.6) is 0 Å². The lowest BCUT2D eigenvalue weighted by molar-refractivity contribution is -0.0161. The predicted molar refractivity (Wildman–Crippen MR) is 108 cm³/mol. The summed E-state index contributed by atoms with van der Waals surface area (Å²) < 4.78 is 6.18. The van der Waals surface area contributed by atoms with Gasteiger partial charge in [-0.2, -0.15) is 0 Å². The Labute approximate surface area is 161 Å². The van der Waals surface area contributed by atoms with Crippen LogP contribution in [-0.4, -0.2) is 22.4 Å². The molecule has 1 heterocycles. The summed E-state index contributed by atoms with van der Waals surface area (Å²) in [6.45, 7) is 3.94. The molecule has 138 valence electrons. The van der Waals surface area contributed by atoms with E-state index < -0.39 is 11.2 Å². The summed E-state index contributed by atoms with van der Waals surface area (Å²) in [5, 5.41) is 12.1. The van der Waals surface area contributed by atoms with Crippen LogP contribution in [-0.2, 0) is 4.74 Å². The normalized spacial score (nSPS) is 26.6. The molecule has 0 bridgehead atoms. The SMILES string of the molecule is C=CC[C@@H](c1ccccc1)[C@@](O)(C#Cc1ccccc1)[C@@]12CCCC[C@@H]1O2. The van der Waals surface area contributed by atoms with Crippen molar-refractivity contribution in [1.82, 2.24) is 0 Å². The number of ether oxygens (including phenoxy) is 1. The number of hydrogen-bond acceptors (Lipinski definition) is 2. The van der Waals surface area contributed by atoms with Crippen molar-refractivity contribution in [2.75, 3.05) is 0 Å². The summed E-state index contributed by atoms with van der Waals surface area (Å²) >= 11 is 0. The van der Waals surface area contributed by atoms with Crippen LogP contribution >= 0.6 is 0 Å². The van der Waals surface area contributed by atoms with Gasteiger partial charge < -0.3 is 9.84 Å². The van der Waals surface area contributed by atoms with Crippen LogP contribution in [0.2, 0.25) is 0 Å². The predicted octanol–water partition coefficient (Wildman–Crippen LogP) is 4.84. The van der Waals surface area contributed by atoms with Crippen LogP contribution in [0, 0.1) is 11.8 Å². The molecule has 1 aliphatic carbocycles. The average molecular weight is 358 g/mol. The van der Waals surface area contributed by atoms with Crippen molar-refractivity contribution in [1.29, 1.82) is 0 Å². The standard InChI is InChI=1S/C25H26O2/c1-2-11-22(21-14-7-4-8-15-21)24(26,19-17-20-12-5-3-6-13-20)25-18-10-9-16-23(25)27-25/h2-8,12-15,22-23,26H,1,9-11,16,18H2/t22-,23-,24-,25+/m0/s1. The molecule has 0 amide bonds. The van der Waals surface area contributed by atoms with Gasteiger partial charge in [0.15, 0.2) is 5.60 Å². The highest BCUT2D eigenvalue weighted by Gasteiger charge is 2.70. The summed E-state index contributed by atoms with van der Waals surface area (Å²) in [4.78, 5) is 0. The quantitative estimate of drug-likeness (QED) is 0.471. The highest BCUT2D eigenvalue weighted by Crippen LogP contribution is 2.58. The van der Waals surface area contributed by atoms with Crippen molar-refractivity contribution in [3.8, 4) is 11.8 Å². The number of aliphatic hydroxyl groups is 1. The molecule has 4 atom stereocenters. The maximum atomic E-state index is 12.1. The second-order valence-electron chi connectivity index (χ2n) is 7.61. The lowest BCUT2D eigenvalue weighted by atomic mass is 9.67. The van der Waals surface area contributed by atoms with E-state index in [1.807, 2.05) is 54.6 Å². The Hall–Kier alpha value is -2.34. The molecule has 0 unspecified atom stereocenters. The molecule has 2 fully saturated rings. The Kier molecular flexibility index (Phi) is 4.91. The first-order valence-electron chi connectivity index (χ1n) is 9.84. The van der Waals surface area contributed by atoms with E-state index in [1.54, 1.807) is 0 Å². The minimum atomic E-state index is -1.25. The van der Waals surface area contributed by atoms with Gasteiger partial charge >= 0.3 is 0 Å². The van der Waals surface area contributed by atoms with E-state index in [1.165, 1.54) is 0 Å². The lowest BCUT2D eigenvalue weighted by Crippen LogP contribution is -2.51. The van der Waals surface area contributed by atoms with Crippen LogP contribution in [0.4, 0.5) is 0 Å². The van der Waals surface area contributed by atoms with Crippen LogP contribution in [0.1, 0.15) is 49.1 Å². The third-order valence-corrected chi connectivity index (χ3v) is 6.00. The van der Waals surface area contributed by atoms with Gasteiger partial charge in [0.05, 0.1) is 6.10 Å². The molecule has 2 aromatic rings. The van der Waals surface area contributed by atoms with Gasteiger partial charge in [-0.05, 0) is 37.0 Å². The van der Waals surface area contributed by atoms with Gasteiger partial charge in [-0.25, -0.2) is 0 Å². The van der Waals surface area contributed by atoms with Crippen molar-refractivity contribution in [2.24, 2.45) is 0 Å². The molecule has 4 rings (SSSR count). The Balaban J connectivity index is 1.80. The van der Waals surface area contributed by atoms with Crippen LogP contribution in [0.25, 0.3) is 0 Å². The number of benzene rings is 2. The Morgan fingerprint density at radius 1 is 1.15 bits per heavy atom. The van der Waals surface area contributed by atoms with Gasteiger partial charge in [0.1, 0.15) is 5.60 Å². The zero-order chi connectivity index (χ0) is 18.7. The summed E-state index contributed by atoms with van der Waals surface area (Å²) in [7, 11) is 0. The van der Waals surface area contributed by atoms with Crippen molar-refractivity contribution >= 4 is 0 Å². The Morgan fingerprint density at radius 2 is 1.85 bits per heavy atom. The highest BCUT2D eigenvalue weighted by molar-refractivity contribution is 5.43. The second kappa shape index (κ2) is 7.35. The van der Waals surface area contributed by atoms with Crippen molar-refractivity contribution in [3.05, 3.63) is 84.4 Å². The average Bonchev–Trinajstić information content (AvgIpc) is 3.48. The van der Waals surface area contributed by atoms with E-state index in [4.69, 9.17) is 4.74 Å². The fraction of sp³-hybridized carbons (Fsp3) is 0.360. The molecule has 2 nitrogen and oxygen atoms in total. The fourth-order valence-electron chi connectivity index (χ4n) is 4.55. The third-order valence-electron chi connectivity index (χ3n) is 6.00. The molecule has 1 saturated heterocycles. The number of rotatable bonds is 5. The number of allylic oxidation sites excluding steroid dienone is 1. The minimum absolute atomic E-state index is 0.109. The maximum absolute atomic E-state index is 12.1. The second-order valence-corrected chi connectivity index (χ2v) is 7.61. The van der Waals surface area contributed by atoms with E-state index >= 15 is 0 Å². The molecule has 0 aromatic heterocycles. The first-order chi connectivity index (χ1) is 13.2. The molecule has 2 aromatic carbocycles. The molecular weight excluding hydrogens is 332 g/mol. The lowest BCUT2D eigenvalue weighted by Gasteiger charge is -2.38. The smallest absolute Gasteiger partial charge is 0.164 e. The van der Waals surface area contributed by atoms with E-state index in [0.717, 1.165) is 36.8 Å². The molecule has 0 radical (unpaired) electrons. The van der Waals surface area contributed by atoms with Gasteiger partial charge in [-0.15, -0.1) is 6.58 Å². The van der Waals surface area contributed by atoms with Gasteiger partial charge in [0, 0.05) is 11.5 Å². The molecule has 0 spiro atoms. The minimum Gasteiger partial charge on any atom is -0.374 e. The van der Waals surface area contributed by atoms with Gasteiger partial charge in [-0.3, -0.25) is 0 Å². The van der Waals surface area contributed by atoms with Gasteiger partial charge in [0.25, 0.3) is 0 Å². The molecule has 1 saturated carbocycles. The van der Waals surface area contributed by atoms with E-state index in [0.29, 0.717) is 6.42 Å². The number of hydrogen-bond donors (Lipinski definition) is 1. The molecular formula is C25H26O2. The van der Waals surface area contributed by atoms with Gasteiger partial charge in [-0.1, -0.05) is 79.3 Å². The third kappa shape index (κ3) is 3.23. The van der Waals surface area contributed by atoms with Crippen LogP contribution in [0.15, 0.2) is 73.3 Å². The zero-order valence-corrected chi connectivity index (χ0v) is 15.6. The molecule has 1 aliphatic heterocycles. The highest BCUT2D eigenvalue weighted by atomic mass is 16.6. The topological polar surface area (TPSA) is 32.8 Å². The zero-order valence-electron chi connectivity index (χ0n) is 15.6. The first-order valence-corrected chi connectivity index (χ1v) is 9.84. The molecule has 2 heteroatoms. The first kappa shape index (κ1) is 18.0. The Bertz CT molecular complexity index is 848. The molecule has 2 aliphatic rings. The van der Waals surface area contributed by atoms with E-state index in [2.05, 4.69) is 30.6 Å². The van der Waals surface area contributed by atoms with E-state index in [9.17, 15) is 5.11 Å². The van der Waals surface area contributed by atoms with Crippen LogP contribution in [0.3, 0.4) is 0 Å². The summed E-state index contributed by atoms with van der Waals surface area (Å²) in [5.74, 6) is 6.34. The molecule has 27 heavy (non-hydrogen) atoms. The maximum Gasteiger partial charge on any atom is 0.164 e. The fourth-order valence-corrected chi connectivity index (χ4v) is 4.55. The summed E-state index contributed by atoms with van der Waals surface area (Å²) in [6, 6.07) is 20.0. The van der Waals surface area contributed by atoms with E-state index in [-0.39, 0.29) is 12.0 Å². The van der Waals surface area contributed by atoms with Crippen molar-refractivity contribution < 1.29 is 9.84 Å². The monoisotopic (exact) mass is 358 g/mol. The number of epoxide rings is 1. The van der Waals surface area contributed by atoms with Crippen molar-refractivity contribution in [3.63, 3.8) is 0 Å². The molecule has 1 N–H and O–H groups in total. The summed E-state index contributed by atoms with van der Waals surface area (Å²) in [5.41, 5.74) is 0.183. The summed E-state index contributed by atoms with van der Waals surface area (Å²) in [6.07, 6.45) is 6.74. The largest absolute Gasteiger partial charge is 0.374 e. The van der Waals surface area contributed by atoms with Crippen LogP contribution < -0.4 is 0 Å². The number of fused-ring (bicyclic) bond motifs is 1.